The van der Waals surface area contributed by atoms with Gasteiger partial charge in [-0.25, -0.2) is 4.79 Å². The molecule has 28 heavy (non-hydrogen) atoms. The number of aromatic nitrogens is 4. The fraction of sp³-hybridized carbons (Fsp3) is 0.100. The molecule has 4 rings (SSSR count). The quantitative estimate of drug-likeness (QED) is 0.539. The van der Waals surface area contributed by atoms with Crippen molar-refractivity contribution in [3.63, 3.8) is 0 Å². The van der Waals surface area contributed by atoms with Crippen molar-refractivity contribution in [2.45, 2.75) is 13.1 Å². The van der Waals surface area contributed by atoms with Crippen molar-refractivity contribution in [1.82, 2.24) is 19.6 Å². The van der Waals surface area contributed by atoms with Gasteiger partial charge in [0, 0.05) is 12.4 Å². The van der Waals surface area contributed by atoms with E-state index < -0.39 is 5.97 Å². The van der Waals surface area contributed by atoms with E-state index in [1.807, 2.05) is 18.2 Å². The third-order valence-electron chi connectivity index (χ3n) is 4.29. The van der Waals surface area contributed by atoms with Crippen LogP contribution in [0.1, 0.15) is 16.1 Å². The predicted molar refractivity (Wildman–Crippen MR) is 103 cm³/mol. The van der Waals surface area contributed by atoms with Gasteiger partial charge in [0.15, 0.2) is 5.69 Å². The standard InChI is InChI=1S/C20H17N5O3/c26-19(13-24-9-8-18(23-24)20(27)28)22-16-10-21-25(12-16)11-15-6-3-5-14-4-1-2-7-17(14)15/h1-10,12H,11,13H2,(H,22,26)(H,27,28). The molecular weight excluding hydrogens is 358 g/mol. The van der Waals surface area contributed by atoms with Gasteiger partial charge >= 0.3 is 5.97 Å². The molecule has 0 fully saturated rings. The Morgan fingerprint density at radius 3 is 2.68 bits per heavy atom. The summed E-state index contributed by atoms with van der Waals surface area (Å²) < 4.78 is 3.03. The number of amides is 1. The highest BCUT2D eigenvalue weighted by molar-refractivity contribution is 5.90. The van der Waals surface area contributed by atoms with Crippen LogP contribution in [0.2, 0.25) is 0 Å². The lowest BCUT2D eigenvalue weighted by Crippen LogP contribution is -2.19. The molecule has 1 amide bonds. The molecule has 0 unspecified atom stereocenters. The Bertz CT molecular complexity index is 1160. The van der Waals surface area contributed by atoms with Crippen LogP contribution in [0.4, 0.5) is 5.69 Å². The van der Waals surface area contributed by atoms with Crippen LogP contribution >= 0.6 is 0 Å². The van der Waals surface area contributed by atoms with Crippen LogP contribution in [-0.2, 0) is 17.9 Å². The fourth-order valence-electron chi connectivity index (χ4n) is 3.03. The molecule has 0 atom stereocenters. The molecule has 2 heterocycles. The summed E-state index contributed by atoms with van der Waals surface area (Å²) in [6.07, 6.45) is 4.78. The number of nitrogens with one attached hydrogen (secondary N) is 1. The van der Waals surface area contributed by atoms with Gasteiger partial charge in [-0.1, -0.05) is 42.5 Å². The second-order valence-corrected chi connectivity index (χ2v) is 6.32. The average Bonchev–Trinajstić information content (AvgIpc) is 3.32. The van der Waals surface area contributed by atoms with E-state index in [0.29, 0.717) is 12.2 Å². The molecule has 0 spiro atoms. The lowest BCUT2D eigenvalue weighted by molar-refractivity contribution is -0.116. The van der Waals surface area contributed by atoms with Gasteiger partial charge in [0.05, 0.1) is 18.4 Å². The molecule has 0 saturated heterocycles. The number of rotatable bonds is 6. The molecule has 0 aliphatic carbocycles. The number of fused-ring (bicyclic) bond motifs is 1. The summed E-state index contributed by atoms with van der Waals surface area (Å²) in [6, 6.07) is 15.6. The highest BCUT2D eigenvalue weighted by Crippen LogP contribution is 2.19. The van der Waals surface area contributed by atoms with Gasteiger partial charge in [0.2, 0.25) is 5.91 Å². The zero-order chi connectivity index (χ0) is 19.5. The molecule has 8 nitrogen and oxygen atoms in total. The van der Waals surface area contributed by atoms with Crippen LogP contribution in [0, 0.1) is 0 Å². The van der Waals surface area contributed by atoms with Crippen LogP contribution in [0.15, 0.2) is 67.1 Å². The van der Waals surface area contributed by atoms with Gasteiger partial charge in [0.25, 0.3) is 0 Å². The van der Waals surface area contributed by atoms with Crippen molar-refractivity contribution in [2.75, 3.05) is 5.32 Å². The lowest BCUT2D eigenvalue weighted by Gasteiger charge is -2.06. The number of carbonyl (C=O) groups is 2. The molecule has 0 radical (unpaired) electrons. The Balaban J connectivity index is 1.42. The number of anilines is 1. The summed E-state index contributed by atoms with van der Waals surface area (Å²) in [5.41, 5.74) is 1.60. The summed E-state index contributed by atoms with van der Waals surface area (Å²) in [5, 5.41) is 22.1. The maximum atomic E-state index is 12.1. The van der Waals surface area contributed by atoms with Crippen molar-refractivity contribution < 1.29 is 14.7 Å². The average molecular weight is 375 g/mol. The highest BCUT2D eigenvalue weighted by Gasteiger charge is 2.10. The van der Waals surface area contributed by atoms with E-state index in [2.05, 4.69) is 39.8 Å². The SMILES string of the molecule is O=C(Cn1ccc(C(=O)O)n1)Nc1cnn(Cc2cccc3ccccc23)c1. The summed E-state index contributed by atoms with van der Waals surface area (Å²) in [5.74, 6) is -1.45. The van der Waals surface area contributed by atoms with Crippen molar-refractivity contribution >= 4 is 28.3 Å². The van der Waals surface area contributed by atoms with Gasteiger partial charge in [-0.3, -0.25) is 14.2 Å². The van der Waals surface area contributed by atoms with Crippen molar-refractivity contribution in [3.8, 4) is 0 Å². The number of hydrogen-bond donors (Lipinski definition) is 2. The molecule has 2 N–H and O–H groups in total. The zero-order valence-electron chi connectivity index (χ0n) is 14.8. The number of nitrogens with zero attached hydrogens (tertiary/aromatic N) is 4. The number of carboxylic acids is 1. The first-order chi connectivity index (χ1) is 13.6. The van der Waals surface area contributed by atoms with Gasteiger partial charge in [-0.05, 0) is 22.4 Å². The molecule has 0 aliphatic rings. The summed E-state index contributed by atoms with van der Waals surface area (Å²) >= 11 is 0. The minimum Gasteiger partial charge on any atom is -0.476 e. The van der Waals surface area contributed by atoms with Crippen molar-refractivity contribution in [3.05, 3.63) is 78.4 Å². The molecule has 2 aromatic heterocycles. The number of hydrogen-bond acceptors (Lipinski definition) is 4. The van der Waals surface area contributed by atoms with E-state index in [9.17, 15) is 9.59 Å². The van der Waals surface area contributed by atoms with Crippen molar-refractivity contribution in [2.24, 2.45) is 0 Å². The second kappa shape index (κ2) is 7.36. The summed E-state index contributed by atoms with van der Waals surface area (Å²) in [7, 11) is 0. The molecule has 140 valence electrons. The van der Waals surface area contributed by atoms with Crippen LogP contribution in [0.3, 0.4) is 0 Å². The predicted octanol–water partition coefficient (Wildman–Crippen LogP) is 2.62. The maximum Gasteiger partial charge on any atom is 0.356 e. The molecule has 8 heteroatoms. The Hall–Kier alpha value is -3.94. The third-order valence-corrected chi connectivity index (χ3v) is 4.29. The fourth-order valence-corrected chi connectivity index (χ4v) is 3.03. The smallest absolute Gasteiger partial charge is 0.356 e. The van der Waals surface area contributed by atoms with Crippen LogP contribution in [0.25, 0.3) is 10.8 Å². The minimum atomic E-state index is -1.13. The Kier molecular flexibility index (Phi) is 4.59. The topological polar surface area (TPSA) is 102 Å². The maximum absolute atomic E-state index is 12.1. The lowest BCUT2D eigenvalue weighted by atomic mass is 10.0. The van der Waals surface area contributed by atoms with E-state index in [0.717, 1.165) is 5.56 Å². The molecule has 4 aromatic rings. The van der Waals surface area contributed by atoms with Gasteiger partial charge in [-0.15, -0.1) is 0 Å². The molecular formula is C20H17N5O3. The number of benzene rings is 2. The third kappa shape index (κ3) is 3.75. The minimum absolute atomic E-state index is 0.0816. The Morgan fingerprint density at radius 2 is 1.86 bits per heavy atom. The zero-order valence-corrected chi connectivity index (χ0v) is 14.8. The summed E-state index contributed by atoms with van der Waals surface area (Å²) in [4.78, 5) is 23.0. The molecule has 0 bridgehead atoms. The first kappa shape index (κ1) is 17.5. The Morgan fingerprint density at radius 1 is 1.04 bits per heavy atom. The van der Waals surface area contributed by atoms with Crippen molar-refractivity contribution in [1.29, 1.82) is 0 Å². The van der Waals surface area contributed by atoms with Gasteiger partial charge in [-0.2, -0.15) is 10.2 Å². The second-order valence-electron chi connectivity index (χ2n) is 6.32. The first-order valence-corrected chi connectivity index (χ1v) is 8.64. The van der Waals surface area contributed by atoms with Crippen LogP contribution < -0.4 is 5.32 Å². The highest BCUT2D eigenvalue weighted by atomic mass is 16.4. The first-order valence-electron chi connectivity index (χ1n) is 8.64. The monoisotopic (exact) mass is 375 g/mol. The normalized spacial score (nSPS) is 10.9. The largest absolute Gasteiger partial charge is 0.476 e. The van der Waals surface area contributed by atoms with Crippen LogP contribution in [0.5, 0.6) is 0 Å². The van der Waals surface area contributed by atoms with E-state index in [1.165, 1.54) is 27.7 Å². The van der Waals surface area contributed by atoms with E-state index in [-0.39, 0.29) is 18.1 Å². The van der Waals surface area contributed by atoms with E-state index in [4.69, 9.17) is 5.11 Å². The Labute approximate surface area is 160 Å². The molecule has 0 aliphatic heterocycles. The number of aromatic carboxylic acids is 1. The van der Waals surface area contributed by atoms with Gasteiger partial charge < -0.3 is 10.4 Å². The molecule has 2 aromatic carbocycles. The van der Waals surface area contributed by atoms with Gasteiger partial charge in [0.1, 0.15) is 6.54 Å². The van der Waals surface area contributed by atoms with Crippen LogP contribution in [-0.4, -0.2) is 36.5 Å². The number of carbonyl (C=O) groups excluding carboxylic acids is 1. The molecule has 0 saturated carbocycles. The van der Waals surface area contributed by atoms with E-state index in [1.54, 1.807) is 17.1 Å². The van der Waals surface area contributed by atoms with E-state index >= 15 is 0 Å². The summed E-state index contributed by atoms with van der Waals surface area (Å²) in [6.45, 7) is 0.500. The number of carboxylic acid groups (broad SMARTS) is 1.